The van der Waals surface area contributed by atoms with Gasteiger partial charge in [-0.3, -0.25) is 4.79 Å². The number of aliphatic carboxylic acids is 1. The zero-order chi connectivity index (χ0) is 13.6. The third kappa shape index (κ3) is 1.91. The fourth-order valence-electron chi connectivity index (χ4n) is 2.66. The van der Waals surface area contributed by atoms with Gasteiger partial charge in [0, 0.05) is 10.6 Å². The number of carbonyl (C=O) groups is 1. The van der Waals surface area contributed by atoms with Crippen molar-refractivity contribution < 1.29 is 14.3 Å². The minimum atomic E-state index is -1.65. The monoisotopic (exact) mass is 270 g/mol. The molecule has 0 bridgehead atoms. The first-order chi connectivity index (χ1) is 8.29. The summed E-state index contributed by atoms with van der Waals surface area (Å²) in [6.07, 6.45) is 1.95. The van der Waals surface area contributed by atoms with Gasteiger partial charge in [-0.25, -0.2) is 4.39 Å². The first kappa shape index (κ1) is 13.3. The van der Waals surface area contributed by atoms with Crippen LogP contribution in [-0.4, -0.2) is 11.1 Å². The highest BCUT2D eigenvalue weighted by Crippen LogP contribution is 2.49. The van der Waals surface area contributed by atoms with Gasteiger partial charge in [0.2, 0.25) is 0 Å². The number of carboxylic acids is 1. The molecule has 2 nitrogen and oxygen atoms in total. The molecule has 1 fully saturated rings. The van der Waals surface area contributed by atoms with Crippen molar-refractivity contribution in [3.63, 3.8) is 0 Å². The van der Waals surface area contributed by atoms with Gasteiger partial charge in [-0.15, -0.1) is 0 Å². The number of hydrogen-bond acceptors (Lipinski definition) is 1. The quantitative estimate of drug-likeness (QED) is 0.900. The minimum absolute atomic E-state index is 0.299. The molecule has 0 spiro atoms. The molecule has 1 N–H and O–H groups in total. The van der Waals surface area contributed by atoms with Crippen LogP contribution in [0.1, 0.15) is 44.2 Å². The van der Waals surface area contributed by atoms with Crippen LogP contribution in [0.15, 0.2) is 18.2 Å². The van der Waals surface area contributed by atoms with E-state index in [1.807, 2.05) is 0 Å². The Labute approximate surface area is 111 Å². The Kier molecular flexibility index (Phi) is 3.14. The standard InChI is InChI=1S/C14H16ClFO2/c1-13(2,16)11-9(5-3-6-10(11)15)14(12(17)18)7-4-8-14/h3,5-6H,4,7-8H2,1-2H3,(H,17,18). The molecule has 0 aromatic heterocycles. The lowest BCUT2D eigenvalue weighted by atomic mass is 9.62. The maximum Gasteiger partial charge on any atom is 0.314 e. The number of carboxylic acid groups (broad SMARTS) is 1. The third-order valence-electron chi connectivity index (χ3n) is 3.74. The average molecular weight is 271 g/mol. The Morgan fingerprint density at radius 3 is 2.44 bits per heavy atom. The van der Waals surface area contributed by atoms with Crippen LogP contribution in [0.25, 0.3) is 0 Å². The maximum atomic E-state index is 14.3. The number of benzene rings is 1. The first-order valence-electron chi connectivity index (χ1n) is 6.01. The van der Waals surface area contributed by atoms with Crippen LogP contribution in [0.5, 0.6) is 0 Å². The Morgan fingerprint density at radius 2 is 2.06 bits per heavy atom. The van der Waals surface area contributed by atoms with Gasteiger partial charge >= 0.3 is 5.97 Å². The normalized spacial score (nSPS) is 18.2. The molecule has 1 aromatic rings. The van der Waals surface area contributed by atoms with E-state index in [-0.39, 0.29) is 0 Å². The number of rotatable bonds is 3. The molecule has 0 radical (unpaired) electrons. The lowest BCUT2D eigenvalue weighted by Crippen LogP contribution is -2.44. The molecule has 0 atom stereocenters. The first-order valence-corrected chi connectivity index (χ1v) is 6.38. The molecule has 0 amide bonds. The van der Waals surface area contributed by atoms with Crippen LogP contribution in [0.2, 0.25) is 5.02 Å². The molecular weight excluding hydrogens is 255 g/mol. The smallest absolute Gasteiger partial charge is 0.314 e. The SMILES string of the molecule is CC(C)(F)c1c(Cl)cccc1C1(C(=O)O)CCC1. The summed E-state index contributed by atoms with van der Waals surface area (Å²) < 4.78 is 14.3. The highest BCUT2D eigenvalue weighted by Gasteiger charge is 2.48. The summed E-state index contributed by atoms with van der Waals surface area (Å²) in [7, 11) is 0. The summed E-state index contributed by atoms with van der Waals surface area (Å²) in [6, 6.07) is 4.99. The van der Waals surface area contributed by atoms with Gasteiger partial charge in [-0.1, -0.05) is 30.2 Å². The summed E-state index contributed by atoms with van der Waals surface area (Å²) in [6.45, 7) is 2.82. The van der Waals surface area contributed by atoms with Gasteiger partial charge in [0.1, 0.15) is 5.67 Å². The van der Waals surface area contributed by atoms with E-state index in [0.717, 1.165) is 6.42 Å². The van der Waals surface area contributed by atoms with Crippen LogP contribution in [0.3, 0.4) is 0 Å². The average Bonchev–Trinajstić information content (AvgIpc) is 2.12. The van der Waals surface area contributed by atoms with Crippen LogP contribution >= 0.6 is 11.6 Å². The summed E-state index contributed by atoms with van der Waals surface area (Å²) >= 11 is 6.07. The van der Waals surface area contributed by atoms with Gasteiger partial charge in [0.25, 0.3) is 0 Å². The molecule has 1 aromatic carbocycles. The van der Waals surface area contributed by atoms with Crippen molar-refractivity contribution in [1.82, 2.24) is 0 Å². The zero-order valence-electron chi connectivity index (χ0n) is 10.5. The molecule has 0 aliphatic heterocycles. The topological polar surface area (TPSA) is 37.3 Å². The number of halogens is 2. The lowest BCUT2D eigenvalue weighted by Gasteiger charge is -2.40. The van der Waals surface area contributed by atoms with Crippen molar-refractivity contribution in [3.8, 4) is 0 Å². The van der Waals surface area contributed by atoms with Crippen molar-refractivity contribution in [2.24, 2.45) is 0 Å². The Bertz CT molecular complexity index is 487. The van der Waals surface area contributed by atoms with Gasteiger partial charge < -0.3 is 5.11 Å². The van der Waals surface area contributed by atoms with Crippen molar-refractivity contribution in [2.75, 3.05) is 0 Å². The van der Waals surface area contributed by atoms with Crippen molar-refractivity contribution in [3.05, 3.63) is 34.3 Å². The second-order valence-corrected chi connectivity index (χ2v) is 5.78. The second-order valence-electron chi connectivity index (χ2n) is 5.38. The van der Waals surface area contributed by atoms with Gasteiger partial charge in [0.05, 0.1) is 5.41 Å². The van der Waals surface area contributed by atoms with Crippen molar-refractivity contribution in [2.45, 2.75) is 44.2 Å². The summed E-state index contributed by atoms with van der Waals surface area (Å²) in [5.41, 5.74) is -1.76. The van der Waals surface area contributed by atoms with Crippen LogP contribution in [-0.2, 0) is 15.9 Å². The maximum absolute atomic E-state index is 14.3. The summed E-state index contributed by atoms with van der Waals surface area (Å²) in [4.78, 5) is 11.5. The summed E-state index contributed by atoms with van der Waals surface area (Å²) in [5, 5.41) is 9.75. The molecule has 0 unspecified atom stereocenters. The van der Waals surface area contributed by atoms with E-state index in [2.05, 4.69) is 0 Å². The Balaban J connectivity index is 2.65. The molecule has 1 aliphatic carbocycles. The van der Waals surface area contributed by atoms with E-state index in [9.17, 15) is 14.3 Å². The van der Waals surface area contributed by atoms with E-state index in [0.29, 0.717) is 29.0 Å². The number of hydrogen-bond donors (Lipinski definition) is 1. The van der Waals surface area contributed by atoms with Crippen molar-refractivity contribution in [1.29, 1.82) is 0 Å². The molecule has 0 saturated heterocycles. The van der Waals surface area contributed by atoms with E-state index in [1.54, 1.807) is 18.2 Å². The lowest BCUT2D eigenvalue weighted by molar-refractivity contribution is -0.147. The van der Waals surface area contributed by atoms with E-state index in [1.165, 1.54) is 13.8 Å². The minimum Gasteiger partial charge on any atom is -0.481 e. The predicted molar refractivity (Wildman–Crippen MR) is 68.8 cm³/mol. The zero-order valence-corrected chi connectivity index (χ0v) is 11.2. The van der Waals surface area contributed by atoms with Crippen molar-refractivity contribution >= 4 is 17.6 Å². The molecule has 1 saturated carbocycles. The van der Waals surface area contributed by atoms with E-state index in [4.69, 9.17) is 11.6 Å². The molecular formula is C14H16ClFO2. The second kappa shape index (κ2) is 4.23. The molecule has 2 rings (SSSR count). The Morgan fingerprint density at radius 1 is 1.44 bits per heavy atom. The van der Waals surface area contributed by atoms with E-state index >= 15 is 0 Å². The fourth-order valence-corrected chi connectivity index (χ4v) is 3.06. The highest BCUT2D eigenvalue weighted by molar-refractivity contribution is 6.31. The van der Waals surface area contributed by atoms with Gasteiger partial charge in [-0.2, -0.15) is 0 Å². The van der Waals surface area contributed by atoms with Crippen LogP contribution in [0, 0.1) is 0 Å². The molecule has 4 heteroatoms. The molecule has 0 heterocycles. The fraction of sp³-hybridized carbons (Fsp3) is 0.500. The predicted octanol–water partition coefficient (Wildman–Crippen LogP) is 4.05. The molecule has 1 aliphatic rings. The summed E-state index contributed by atoms with van der Waals surface area (Å²) in [5.74, 6) is -0.887. The molecule has 98 valence electrons. The van der Waals surface area contributed by atoms with Gasteiger partial charge in [-0.05, 0) is 38.3 Å². The van der Waals surface area contributed by atoms with Crippen LogP contribution in [0.4, 0.5) is 4.39 Å². The molecule has 18 heavy (non-hydrogen) atoms. The number of alkyl halides is 1. The highest BCUT2D eigenvalue weighted by atomic mass is 35.5. The largest absolute Gasteiger partial charge is 0.481 e. The van der Waals surface area contributed by atoms with Crippen LogP contribution < -0.4 is 0 Å². The third-order valence-corrected chi connectivity index (χ3v) is 4.06. The Hall–Kier alpha value is -1.09. The van der Waals surface area contributed by atoms with Gasteiger partial charge in [0.15, 0.2) is 0 Å². The van der Waals surface area contributed by atoms with E-state index < -0.39 is 17.1 Å².